The average Bonchev–Trinajstić information content (AvgIpc) is 2.76. The highest BCUT2D eigenvalue weighted by molar-refractivity contribution is 6.33. The van der Waals surface area contributed by atoms with E-state index in [0.29, 0.717) is 17.2 Å². The maximum absolute atomic E-state index is 9.74. The first-order valence-corrected chi connectivity index (χ1v) is 6.01. The van der Waals surface area contributed by atoms with Crippen LogP contribution in [0.3, 0.4) is 0 Å². The standard InChI is InChI=1S/C14H11ClN2O/c15-12-5-3-7-17-9-11(16-14(12)17)8-10-4-1-2-6-13(10)18/h1-7,9,18H,8H2. The summed E-state index contributed by atoms with van der Waals surface area (Å²) in [6.45, 7) is 0. The van der Waals surface area contributed by atoms with Crippen LogP contribution in [0.4, 0.5) is 0 Å². The summed E-state index contributed by atoms with van der Waals surface area (Å²) >= 11 is 6.07. The molecule has 0 aliphatic heterocycles. The topological polar surface area (TPSA) is 37.5 Å². The Balaban J connectivity index is 2.01. The number of hydrogen-bond acceptors (Lipinski definition) is 2. The summed E-state index contributed by atoms with van der Waals surface area (Å²) in [7, 11) is 0. The molecule has 0 fully saturated rings. The van der Waals surface area contributed by atoms with Crippen LogP contribution in [-0.2, 0) is 6.42 Å². The molecule has 2 aromatic heterocycles. The van der Waals surface area contributed by atoms with Crippen LogP contribution in [0.15, 0.2) is 48.8 Å². The molecule has 90 valence electrons. The molecule has 0 unspecified atom stereocenters. The number of para-hydroxylation sites is 1. The Bertz CT molecular complexity index is 706. The first-order valence-electron chi connectivity index (χ1n) is 5.63. The van der Waals surface area contributed by atoms with Crippen molar-refractivity contribution >= 4 is 17.2 Å². The van der Waals surface area contributed by atoms with E-state index in [4.69, 9.17) is 11.6 Å². The second kappa shape index (κ2) is 4.35. The van der Waals surface area contributed by atoms with Crippen LogP contribution < -0.4 is 0 Å². The first-order chi connectivity index (χ1) is 8.74. The summed E-state index contributed by atoms with van der Waals surface area (Å²) in [6.07, 6.45) is 4.42. The van der Waals surface area contributed by atoms with Crippen LogP contribution in [0.1, 0.15) is 11.3 Å². The molecular weight excluding hydrogens is 248 g/mol. The van der Waals surface area contributed by atoms with Gasteiger partial charge in [-0.1, -0.05) is 29.8 Å². The van der Waals surface area contributed by atoms with Crippen LogP contribution >= 0.6 is 11.6 Å². The van der Waals surface area contributed by atoms with Gasteiger partial charge in [-0.3, -0.25) is 0 Å². The van der Waals surface area contributed by atoms with Gasteiger partial charge in [0.05, 0.1) is 10.7 Å². The quantitative estimate of drug-likeness (QED) is 0.766. The van der Waals surface area contributed by atoms with E-state index in [1.54, 1.807) is 12.1 Å². The smallest absolute Gasteiger partial charge is 0.155 e. The average molecular weight is 259 g/mol. The second-order valence-electron chi connectivity index (χ2n) is 4.12. The number of nitrogens with zero attached hydrogens (tertiary/aromatic N) is 2. The van der Waals surface area contributed by atoms with Gasteiger partial charge in [-0.25, -0.2) is 4.98 Å². The first kappa shape index (κ1) is 11.1. The minimum absolute atomic E-state index is 0.292. The zero-order chi connectivity index (χ0) is 12.5. The second-order valence-corrected chi connectivity index (χ2v) is 4.53. The van der Waals surface area contributed by atoms with Gasteiger partial charge in [0.1, 0.15) is 5.75 Å². The van der Waals surface area contributed by atoms with Crippen molar-refractivity contribution < 1.29 is 5.11 Å². The van der Waals surface area contributed by atoms with E-state index in [1.165, 1.54) is 0 Å². The lowest BCUT2D eigenvalue weighted by atomic mass is 10.1. The van der Waals surface area contributed by atoms with E-state index in [0.717, 1.165) is 16.9 Å². The van der Waals surface area contributed by atoms with Gasteiger partial charge in [-0.15, -0.1) is 0 Å². The van der Waals surface area contributed by atoms with Crippen molar-refractivity contribution in [3.8, 4) is 5.75 Å². The summed E-state index contributed by atoms with van der Waals surface area (Å²) in [5.41, 5.74) is 2.48. The summed E-state index contributed by atoms with van der Waals surface area (Å²) in [5, 5.41) is 10.4. The number of imidazole rings is 1. The third kappa shape index (κ3) is 1.93. The molecule has 0 spiro atoms. The molecule has 0 saturated heterocycles. The van der Waals surface area contributed by atoms with Gasteiger partial charge >= 0.3 is 0 Å². The van der Waals surface area contributed by atoms with Crippen molar-refractivity contribution in [2.45, 2.75) is 6.42 Å². The molecule has 0 aliphatic rings. The molecule has 2 heterocycles. The number of fused-ring (bicyclic) bond motifs is 1. The number of aromatic nitrogens is 2. The van der Waals surface area contributed by atoms with E-state index < -0.39 is 0 Å². The van der Waals surface area contributed by atoms with Gasteiger partial charge in [0, 0.05) is 18.8 Å². The number of hydrogen-bond donors (Lipinski definition) is 1. The number of aromatic hydroxyl groups is 1. The third-order valence-corrected chi connectivity index (χ3v) is 3.14. The minimum Gasteiger partial charge on any atom is -0.508 e. The fourth-order valence-corrected chi connectivity index (χ4v) is 2.18. The van der Waals surface area contributed by atoms with Crippen molar-refractivity contribution in [3.63, 3.8) is 0 Å². The molecule has 1 N–H and O–H groups in total. The van der Waals surface area contributed by atoms with Crippen LogP contribution in [0, 0.1) is 0 Å². The Hall–Kier alpha value is -2.00. The number of halogens is 1. The number of rotatable bonds is 2. The molecule has 0 aliphatic carbocycles. The fourth-order valence-electron chi connectivity index (χ4n) is 1.97. The van der Waals surface area contributed by atoms with Gasteiger partial charge in [-0.05, 0) is 23.8 Å². The van der Waals surface area contributed by atoms with E-state index >= 15 is 0 Å². The normalized spacial score (nSPS) is 10.9. The van der Waals surface area contributed by atoms with Crippen molar-refractivity contribution in [2.75, 3.05) is 0 Å². The maximum Gasteiger partial charge on any atom is 0.155 e. The predicted molar refractivity (Wildman–Crippen MR) is 71.1 cm³/mol. The molecule has 0 saturated carbocycles. The largest absolute Gasteiger partial charge is 0.508 e. The van der Waals surface area contributed by atoms with Gasteiger partial charge < -0.3 is 9.51 Å². The SMILES string of the molecule is Oc1ccccc1Cc1cn2cccc(Cl)c2n1. The molecule has 3 aromatic rings. The van der Waals surface area contributed by atoms with E-state index in [-0.39, 0.29) is 0 Å². The van der Waals surface area contributed by atoms with Crippen molar-refractivity contribution in [3.05, 3.63) is 65.1 Å². The van der Waals surface area contributed by atoms with Gasteiger partial charge in [0.15, 0.2) is 5.65 Å². The number of benzene rings is 1. The number of phenolic OH excluding ortho intramolecular Hbond substituents is 1. The third-order valence-electron chi connectivity index (χ3n) is 2.85. The Morgan fingerprint density at radius 3 is 2.78 bits per heavy atom. The van der Waals surface area contributed by atoms with Crippen LogP contribution in [0.5, 0.6) is 5.75 Å². The van der Waals surface area contributed by atoms with Crippen molar-refractivity contribution in [1.82, 2.24) is 9.38 Å². The molecule has 1 aromatic carbocycles. The molecule has 3 rings (SSSR count). The Morgan fingerprint density at radius 1 is 1.17 bits per heavy atom. The Morgan fingerprint density at radius 2 is 2.00 bits per heavy atom. The lowest BCUT2D eigenvalue weighted by molar-refractivity contribution is 0.469. The summed E-state index contributed by atoms with van der Waals surface area (Å²) < 4.78 is 1.89. The Kier molecular flexibility index (Phi) is 2.68. The van der Waals surface area contributed by atoms with Crippen molar-refractivity contribution in [2.24, 2.45) is 0 Å². The van der Waals surface area contributed by atoms with E-state index in [1.807, 2.05) is 41.1 Å². The molecule has 18 heavy (non-hydrogen) atoms. The monoisotopic (exact) mass is 258 g/mol. The summed E-state index contributed by atoms with van der Waals surface area (Å²) in [5.74, 6) is 0.292. The molecule has 3 nitrogen and oxygen atoms in total. The lowest BCUT2D eigenvalue weighted by Crippen LogP contribution is -1.88. The summed E-state index contributed by atoms with van der Waals surface area (Å²) in [6, 6.07) is 11.0. The van der Waals surface area contributed by atoms with Crippen molar-refractivity contribution in [1.29, 1.82) is 0 Å². The molecular formula is C14H11ClN2O. The minimum atomic E-state index is 0.292. The maximum atomic E-state index is 9.74. The zero-order valence-electron chi connectivity index (χ0n) is 9.55. The van der Waals surface area contributed by atoms with Crippen LogP contribution in [0.2, 0.25) is 5.02 Å². The van der Waals surface area contributed by atoms with Gasteiger partial charge in [-0.2, -0.15) is 0 Å². The molecule has 0 bridgehead atoms. The molecule has 0 amide bonds. The highest BCUT2D eigenvalue weighted by Gasteiger charge is 2.07. The van der Waals surface area contributed by atoms with Crippen LogP contribution in [-0.4, -0.2) is 14.5 Å². The van der Waals surface area contributed by atoms with Gasteiger partial charge in [0.25, 0.3) is 0 Å². The summed E-state index contributed by atoms with van der Waals surface area (Å²) in [4.78, 5) is 4.47. The van der Waals surface area contributed by atoms with E-state index in [9.17, 15) is 5.11 Å². The number of pyridine rings is 1. The Labute approximate surface area is 109 Å². The molecule has 4 heteroatoms. The molecule has 0 radical (unpaired) electrons. The fraction of sp³-hybridized carbons (Fsp3) is 0.0714. The zero-order valence-corrected chi connectivity index (χ0v) is 10.3. The van der Waals surface area contributed by atoms with Crippen LogP contribution in [0.25, 0.3) is 5.65 Å². The lowest BCUT2D eigenvalue weighted by Gasteiger charge is -2.00. The predicted octanol–water partition coefficient (Wildman–Crippen LogP) is 3.28. The highest BCUT2D eigenvalue weighted by Crippen LogP contribution is 2.21. The highest BCUT2D eigenvalue weighted by atomic mass is 35.5. The number of phenols is 1. The van der Waals surface area contributed by atoms with Gasteiger partial charge in [0.2, 0.25) is 0 Å². The van der Waals surface area contributed by atoms with E-state index in [2.05, 4.69) is 4.98 Å². The molecule has 0 atom stereocenters.